The summed E-state index contributed by atoms with van der Waals surface area (Å²) in [5.41, 5.74) is 1.59. The zero-order chi connectivity index (χ0) is 14.0. The maximum Gasteiger partial charge on any atom is 0.311 e. The van der Waals surface area contributed by atoms with Crippen LogP contribution in [0.5, 0.6) is 0 Å². The predicted molar refractivity (Wildman–Crippen MR) is 78.1 cm³/mol. The number of hydrogen-bond donors (Lipinski definition) is 1. The van der Waals surface area contributed by atoms with Crippen LogP contribution < -0.4 is 5.32 Å². The van der Waals surface area contributed by atoms with Crippen LogP contribution in [0.2, 0.25) is 5.15 Å². The van der Waals surface area contributed by atoms with Gasteiger partial charge in [0.2, 0.25) is 5.82 Å². The van der Waals surface area contributed by atoms with Crippen molar-refractivity contribution in [3.05, 3.63) is 55.6 Å². The molecule has 5 nitrogen and oxygen atoms in total. The fraction of sp³-hybridized carbons (Fsp3) is 0.0833. The van der Waals surface area contributed by atoms with Crippen molar-refractivity contribution < 1.29 is 4.92 Å². The normalized spacial score (nSPS) is 10.3. The molecule has 19 heavy (non-hydrogen) atoms. The Kier molecular flexibility index (Phi) is 4.01. The quantitative estimate of drug-likeness (QED) is 0.508. The number of halogens is 2. The number of aryl methyl sites for hydroxylation is 1. The summed E-state index contributed by atoms with van der Waals surface area (Å²) >= 11 is 9.14. The molecule has 98 valence electrons. The van der Waals surface area contributed by atoms with Crippen molar-refractivity contribution in [3.8, 4) is 0 Å². The second-order valence-electron chi connectivity index (χ2n) is 3.90. The van der Waals surface area contributed by atoms with E-state index in [1.807, 2.05) is 19.1 Å². The molecule has 1 heterocycles. The molecule has 0 fully saturated rings. The van der Waals surface area contributed by atoms with Crippen LogP contribution in [0.15, 0.2) is 34.8 Å². The summed E-state index contributed by atoms with van der Waals surface area (Å²) in [6, 6.07) is 8.31. The fourth-order valence-electron chi connectivity index (χ4n) is 1.61. The molecule has 0 aliphatic heterocycles. The van der Waals surface area contributed by atoms with E-state index in [1.165, 1.54) is 12.1 Å². The van der Waals surface area contributed by atoms with E-state index in [9.17, 15) is 10.1 Å². The molecule has 0 aliphatic carbocycles. The van der Waals surface area contributed by atoms with Crippen LogP contribution in [0.1, 0.15) is 5.56 Å². The third-order valence-corrected chi connectivity index (χ3v) is 3.01. The lowest BCUT2D eigenvalue weighted by Gasteiger charge is -2.08. The number of pyridine rings is 1. The Labute approximate surface area is 122 Å². The lowest BCUT2D eigenvalue weighted by molar-refractivity contribution is -0.384. The zero-order valence-electron chi connectivity index (χ0n) is 9.85. The Morgan fingerprint density at radius 3 is 2.74 bits per heavy atom. The predicted octanol–water partition coefficient (Wildman–Crippen LogP) is 4.46. The average molecular weight is 343 g/mol. The summed E-state index contributed by atoms with van der Waals surface area (Å²) in [4.78, 5) is 14.4. The molecule has 2 aromatic rings. The maximum absolute atomic E-state index is 10.9. The van der Waals surface area contributed by atoms with Crippen molar-refractivity contribution in [2.75, 3.05) is 5.32 Å². The van der Waals surface area contributed by atoms with Gasteiger partial charge in [-0.05, 0) is 36.8 Å². The van der Waals surface area contributed by atoms with Gasteiger partial charge in [-0.2, -0.15) is 0 Å². The molecular weight excluding hydrogens is 334 g/mol. The number of nitrogens with zero attached hydrogens (tertiary/aromatic N) is 2. The first-order valence-electron chi connectivity index (χ1n) is 5.31. The molecule has 1 aromatic carbocycles. The standard InChI is InChI=1S/C12H9BrClN3O2/c1-7-4-8(13)6-9(5-7)15-12-10(17(18)19)2-3-11(14)16-12/h2-6H,1H3,(H,15,16). The molecule has 0 saturated heterocycles. The van der Waals surface area contributed by atoms with Crippen molar-refractivity contribution in [1.29, 1.82) is 0 Å². The molecule has 0 atom stereocenters. The number of hydrogen-bond acceptors (Lipinski definition) is 4. The van der Waals surface area contributed by atoms with Gasteiger partial charge in [-0.1, -0.05) is 27.5 Å². The second kappa shape index (κ2) is 5.54. The van der Waals surface area contributed by atoms with Crippen molar-refractivity contribution in [3.63, 3.8) is 0 Å². The molecule has 0 unspecified atom stereocenters. The molecule has 7 heteroatoms. The summed E-state index contributed by atoms with van der Waals surface area (Å²) in [6.45, 7) is 1.93. The van der Waals surface area contributed by atoms with Crippen molar-refractivity contribution in [2.45, 2.75) is 6.92 Å². The van der Waals surface area contributed by atoms with Gasteiger partial charge in [0.05, 0.1) is 4.92 Å². The van der Waals surface area contributed by atoms with Gasteiger partial charge >= 0.3 is 5.69 Å². The van der Waals surface area contributed by atoms with Gasteiger partial charge in [0, 0.05) is 16.2 Å². The number of aromatic nitrogens is 1. The molecule has 2 rings (SSSR count). The highest BCUT2D eigenvalue weighted by Gasteiger charge is 2.16. The monoisotopic (exact) mass is 341 g/mol. The first-order chi connectivity index (χ1) is 8.95. The van der Waals surface area contributed by atoms with E-state index in [0.29, 0.717) is 5.69 Å². The first kappa shape index (κ1) is 13.8. The van der Waals surface area contributed by atoms with Crippen molar-refractivity contribution in [1.82, 2.24) is 4.98 Å². The largest absolute Gasteiger partial charge is 0.334 e. The SMILES string of the molecule is Cc1cc(Br)cc(Nc2nc(Cl)ccc2[N+](=O)[O-])c1. The number of nitro groups is 1. The van der Waals surface area contributed by atoms with Gasteiger partial charge in [0.15, 0.2) is 0 Å². The van der Waals surface area contributed by atoms with E-state index in [1.54, 1.807) is 6.07 Å². The molecule has 1 aromatic heterocycles. The lowest BCUT2D eigenvalue weighted by Crippen LogP contribution is -2.00. The third-order valence-electron chi connectivity index (χ3n) is 2.34. The van der Waals surface area contributed by atoms with Crippen LogP contribution in [-0.4, -0.2) is 9.91 Å². The number of rotatable bonds is 3. The van der Waals surface area contributed by atoms with E-state index in [-0.39, 0.29) is 16.7 Å². The van der Waals surface area contributed by atoms with Gasteiger partial charge < -0.3 is 5.32 Å². The minimum atomic E-state index is -0.503. The molecule has 0 radical (unpaired) electrons. The van der Waals surface area contributed by atoms with Crippen LogP contribution in [0.4, 0.5) is 17.2 Å². The molecule has 0 amide bonds. The smallest absolute Gasteiger partial charge is 0.311 e. The molecule has 0 saturated carbocycles. The highest BCUT2D eigenvalue weighted by molar-refractivity contribution is 9.10. The van der Waals surface area contributed by atoms with E-state index < -0.39 is 4.92 Å². The van der Waals surface area contributed by atoms with Crippen LogP contribution in [0.25, 0.3) is 0 Å². The molecule has 1 N–H and O–H groups in total. The summed E-state index contributed by atoms with van der Waals surface area (Å²) < 4.78 is 0.875. The van der Waals surface area contributed by atoms with E-state index in [4.69, 9.17) is 11.6 Å². The van der Waals surface area contributed by atoms with Crippen molar-refractivity contribution in [2.24, 2.45) is 0 Å². The number of anilines is 2. The van der Waals surface area contributed by atoms with Gasteiger partial charge in [-0.25, -0.2) is 4.98 Å². The molecule has 0 bridgehead atoms. The number of benzene rings is 1. The Bertz CT molecular complexity index is 629. The van der Waals surface area contributed by atoms with E-state index in [0.717, 1.165) is 10.0 Å². The Morgan fingerprint density at radius 1 is 1.37 bits per heavy atom. The molecule has 0 aliphatic rings. The van der Waals surface area contributed by atoms with Crippen LogP contribution >= 0.6 is 27.5 Å². The van der Waals surface area contributed by atoms with Gasteiger partial charge in [-0.15, -0.1) is 0 Å². The number of nitrogens with one attached hydrogen (secondary N) is 1. The summed E-state index contributed by atoms with van der Waals surface area (Å²) in [5.74, 6) is 0.120. The van der Waals surface area contributed by atoms with Gasteiger partial charge in [0.25, 0.3) is 0 Å². The third kappa shape index (κ3) is 3.42. The van der Waals surface area contributed by atoms with Gasteiger partial charge in [-0.3, -0.25) is 10.1 Å². The summed E-state index contributed by atoms with van der Waals surface area (Å²) in [7, 11) is 0. The van der Waals surface area contributed by atoms with E-state index in [2.05, 4.69) is 26.2 Å². The Hall–Kier alpha value is -1.66. The highest BCUT2D eigenvalue weighted by atomic mass is 79.9. The second-order valence-corrected chi connectivity index (χ2v) is 5.20. The fourth-order valence-corrected chi connectivity index (χ4v) is 2.37. The lowest BCUT2D eigenvalue weighted by atomic mass is 10.2. The topological polar surface area (TPSA) is 68.1 Å². The molecular formula is C12H9BrClN3O2. The highest BCUT2D eigenvalue weighted by Crippen LogP contribution is 2.28. The maximum atomic E-state index is 10.9. The Morgan fingerprint density at radius 2 is 2.11 bits per heavy atom. The minimum absolute atomic E-state index is 0.120. The van der Waals surface area contributed by atoms with Crippen LogP contribution in [0.3, 0.4) is 0 Å². The zero-order valence-corrected chi connectivity index (χ0v) is 12.2. The summed E-state index contributed by atoms with van der Waals surface area (Å²) in [6.07, 6.45) is 0. The van der Waals surface area contributed by atoms with Gasteiger partial charge in [0.1, 0.15) is 5.15 Å². The average Bonchev–Trinajstić information content (AvgIpc) is 2.26. The van der Waals surface area contributed by atoms with Crippen molar-refractivity contribution >= 4 is 44.7 Å². The molecule has 0 spiro atoms. The van der Waals surface area contributed by atoms with Crippen LogP contribution in [-0.2, 0) is 0 Å². The Balaban J connectivity index is 2.42. The van der Waals surface area contributed by atoms with Crippen LogP contribution in [0, 0.1) is 17.0 Å². The van der Waals surface area contributed by atoms with E-state index >= 15 is 0 Å². The first-order valence-corrected chi connectivity index (χ1v) is 6.48. The summed E-state index contributed by atoms with van der Waals surface area (Å²) in [5, 5.41) is 14.0. The minimum Gasteiger partial charge on any atom is -0.334 e.